The average Bonchev–Trinajstić information content (AvgIpc) is 3.19. The summed E-state index contributed by atoms with van der Waals surface area (Å²) in [4.78, 5) is 24.4. The van der Waals surface area contributed by atoms with Crippen LogP contribution in [0.5, 0.6) is 0 Å². The van der Waals surface area contributed by atoms with Crippen LogP contribution in [0, 0.1) is 6.92 Å². The Morgan fingerprint density at radius 2 is 1.96 bits per heavy atom. The Balaban J connectivity index is 1.66. The second-order valence-electron chi connectivity index (χ2n) is 5.62. The van der Waals surface area contributed by atoms with E-state index in [4.69, 9.17) is 0 Å². The van der Waals surface area contributed by atoms with Gasteiger partial charge >= 0.3 is 0 Å². The molecule has 2 aromatic rings. The van der Waals surface area contributed by atoms with E-state index >= 15 is 0 Å². The summed E-state index contributed by atoms with van der Waals surface area (Å²) in [6.07, 6.45) is 4.42. The molecular weight excluding hydrogens is 312 g/mol. The van der Waals surface area contributed by atoms with Crippen LogP contribution in [0.4, 0.5) is 5.69 Å². The molecule has 0 spiro atoms. The van der Waals surface area contributed by atoms with Crippen LogP contribution < -0.4 is 10.6 Å². The topological polar surface area (TPSA) is 84.0 Å². The van der Waals surface area contributed by atoms with E-state index in [1.54, 1.807) is 31.2 Å². The Labute approximate surface area is 138 Å². The number of hydrogen-bond acceptors (Lipinski definition) is 5. The van der Waals surface area contributed by atoms with E-state index in [-0.39, 0.29) is 17.9 Å². The van der Waals surface area contributed by atoms with Gasteiger partial charge in [-0.1, -0.05) is 30.2 Å². The molecule has 120 valence electrons. The maximum Gasteiger partial charge on any atom is 0.286 e. The Morgan fingerprint density at radius 1 is 1.17 bits per heavy atom. The van der Waals surface area contributed by atoms with Crippen LogP contribution >= 0.6 is 11.3 Å². The van der Waals surface area contributed by atoms with Gasteiger partial charge in [-0.3, -0.25) is 9.59 Å². The molecule has 1 fully saturated rings. The number of aryl methyl sites for hydroxylation is 1. The molecule has 23 heavy (non-hydrogen) atoms. The molecule has 7 heteroatoms. The van der Waals surface area contributed by atoms with Crippen LogP contribution in [-0.2, 0) is 0 Å². The van der Waals surface area contributed by atoms with E-state index in [0.717, 1.165) is 17.8 Å². The van der Waals surface area contributed by atoms with Crippen LogP contribution in [-0.4, -0.2) is 28.1 Å². The van der Waals surface area contributed by atoms with Gasteiger partial charge in [0.2, 0.25) is 5.01 Å². The van der Waals surface area contributed by atoms with Crippen LogP contribution in [0.15, 0.2) is 24.3 Å². The first-order valence-electron chi connectivity index (χ1n) is 7.64. The van der Waals surface area contributed by atoms with Gasteiger partial charge in [0.15, 0.2) is 0 Å². The van der Waals surface area contributed by atoms with Gasteiger partial charge in [-0.25, -0.2) is 0 Å². The largest absolute Gasteiger partial charge is 0.349 e. The van der Waals surface area contributed by atoms with Crippen molar-refractivity contribution in [1.29, 1.82) is 0 Å². The molecule has 0 bridgehead atoms. The quantitative estimate of drug-likeness (QED) is 0.903. The van der Waals surface area contributed by atoms with Crippen LogP contribution in [0.2, 0.25) is 0 Å². The molecule has 0 radical (unpaired) electrons. The number of nitrogens with zero attached hydrogens (tertiary/aromatic N) is 2. The number of anilines is 1. The summed E-state index contributed by atoms with van der Waals surface area (Å²) >= 11 is 1.23. The molecule has 0 atom stereocenters. The van der Waals surface area contributed by atoms with E-state index < -0.39 is 0 Å². The molecule has 3 rings (SSSR count). The fraction of sp³-hybridized carbons (Fsp3) is 0.375. The minimum absolute atomic E-state index is 0.0974. The minimum Gasteiger partial charge on any atom is -0.349 e. The van der Waals surface area contributed by atoms with Crippen molar-refractivity contribution in [2.75, 3.05) is 5.32 Å². The summed E-state index contributed by atoms with van der Waals surface area (Å²) in [5.41, 5.74) is 1.12. The lowest BCUT2D eigenvalue weighted by molar-refractivity contribution is 0.0936. The van der Waals surface area contributed by atoms with Gasteiger partial charge in [0.1, 0.15) is 5.01 Å². The number of carbonyl (C=O) groups excluding carboxylic acids is 2. The minimum atomic E-state index is -0.316. The predicted octanol–water partition coefficient (Wildman–Crippen LogP) is 2.77. The van der Waals surface area contributed by atoms with Crippen LogP contribution in [0.1, 0.15) is 50.9 Å². The molecule has 1 aliphatic carbocycles. The Morgan fingerprint density at radius 3 is 2.65 bits per heavy atom. The smallest absolute Gasteiger partial charge is 0.286 e. The highest BCUT2D eigenvalue weighted by atomic mass is 32.1. The van der Waals surface area contributed by atoms with E-state index in [0.29, 0.717) is 16.3 Å². The van der Waals surface area contributed by atoms with Crippen molar-refractivity contribution >= 4 is 28.8 Å². The fourth-order valence-electron chi connectivity index (χ4n) is 2.65. The van der Waals surface area contributed by atoms with Crippen molar-refractivity contribution in [1.82, 2.24) is 15.5 Å². The zero-order chi connectivity index (χ0) is 16.2. The number of hydrogen-bond donors (Lipinski definition) is 2. The van der Waals surface area contributed by atoms with E-state index in [1.807, 2.05) is 0 Å². The maximum absolute atomic E-state index is 12.3. The van der Waals surface area contributed by atoms with Crippen LogP contribution in [0.3, 0.4) is 0 Å². The highest BCUT2D eigenvalue weighted by Gasteiger charge is 2.18. The number of benzene rings is 1. The van der Waals surface area contributed by atoms with Gasteiger partial charge in [-0.2, -0.15) is 0 Å². The summed E-state index contributed by atoms with van der Waals surface area (Å²) in [5.74, 6) is -0.413. The SMILES string of the molecule is Cc1nnc(C(=O)Nc2cccc(C(=O)NC3CCCC3)c2)s1. The van der Waals surface area contributed by atoms with Crippen molar-refractivity contribution in [3.05, 3.63) is 39.8 Å². The van der Waals surface area contributed by atoms with E-state index in [1.165, 1.54) is 24.2 Å². The Bertz CT molecular complexity index is 722. The lowest BCUT2D eigenvalue weighted by Crippen LogP contribution is -2.32. The van der Waals surface area contributed by atoms with E-state index in [2.05, 4.69) is 20.8 Å². The molecule has 0 saturated heterocycles. The highest BCUT2D eigenvalue weighted by Crippen LogP contribution is 2.19. The summed E-state index contributed by atoms with van der Waals surface area (Å²) < 4.78 is 0. The molecule has 1 aliphatic rings. The van der Waals surface area contributed by atoms with Gasteiger partial charge < -0.3 is 10.6 Å². The lowest BCUT2D eigenvalue weighted by atomic mass is 10.1. The van der Waals surface area contributed by atoms with Crippen molar-refractivity contribution in [2.24, 2.45) is 0 Å². The summed E-state index contributed by atoms with van der Waals surface area (Å²) in [6.45, 7) is 1.79. The third-order valence-corrected chi connectivity index (χ3v) is 4.63. The number of nitrogens with one attached hydrogen (secondary N) is 2. The maximum atomic E-state index is 12.3. The van der Waals surface area contributed by atoms with Gasteiger partial charge in [-0.05, 0) is 38.0 Å². The van der Waals surface area contributed by atoms with Crippen molar-refractivity contribution in [3.63, 3.8) is 0 Å². The molecule has 2 amide bonds. The molecule has 1 saturated carbocycles. The molecular formula is C16H18N4O2S. The van der Waals surface area contributed by atoms with Gasteiger partial charge in [0.05, 0.1) is 0 Å². The molecule has 1 aromatic heterocycles. The van der Waals surface area contributed by atoms with Crippen LogP contribution in [0.25, 0.3) is 0 Å². The molecule has 0 aliphatic heterocycles. The van der Waals surface area contributed by atoms with Crippen molar-refractivity contribution < 1.29 is 9.59 Å². The molecule has 0 unspecified atom stereocenters. The second kappa shape index (κ2) is 6.87. The van der Waals surface area contributed by atoms with Gasteiger partial charge in [-0.15, -0.1) is 10.2 Å². The number of carbonyl (C=O) groups is 2. The molecule has 2 N–H and O–H groups in total. The Kier molecular flexibility index (Phi) is 4.66. The average molecular weight is 330 g/mol. The fourth-order valence-corrected chi connectivity index (χ4v) is 3.24. The zero-order valence-corrected chi connectivity index (χ0v) is 13.7. The summed E-state index contributed by atoms with van der Waals surface area (Å²) in [6, 6.07) is 7.19. The molecule has 6 nitrogen and oxygen atoms in total. The third kappa shape index (κ3) is 3.92. The second-order valence-corrected chi connectivity index (χ2v) is 6.80. The van der Waals surface area contributed by atoms with Crippen molar-refractivity contribution in [2.45, 2.75) is 38.6 Å². The zero-order valence-electron chi connectivity index (χ0n) is 12.8. The molecule has 1 heterocycles. The van der Waals surface area contributed by atoms with E-state index in [9.17, 15) is 9.59 Å². The first-order chi connectivity index (χ1) is 11.1. The third-order valence-electron chi connectivity index (χ3n) is 3.79. The van der Waals surface area contributed by atoms with Crippen molar-refractivity contribution in [3.8, 4) is 0 Å². The molecule has 1 aromatic carbocycles. The first kappa shape index (κ1) is 15.6. The number of rotatable bonds is 4. The monoisotopic (exact) mass is 330 g/mol. The Hall–Kier alpha value is -2.28. The standard InChI is InChI=1S/C16H18N4O2S/c1-10-19-20-16(23-10)15(22)18-13-8-4-5-11(9-13)14(21)17-12-6-2-3-7-12/h4-5,8-9,12H,2-3,6-7H2,1H3,(H,17,21)(H,18,22). The predicted molar refractivity (Wildman–Crippen MR) is 88.8 cm³/mol. The number of aromatic nitrogens is 2. The first-order valence-corrected chi connectivity index (χ1v) is 8.46. The van der Waals surface area contributed by atoms with Gasteiger partial charge in [0.25, 0.3) is 11.8 Å². The van der Waals surface area contributed by atoms with Gasteiger partial charge in [0, 0.05) is 17.3 Å². The highest BCUT2D eigenvalue weighted by molar-refractivity contribution is 7.13. The summed E-state index contributed by atoms with van der Waals surface area (Å²) in [7, 11) is 0. The lowest BCUT2D eigenvalue weighted by Gasteiger charge is -2.12. The normalized spacial score (nSPS) is 14.7. The number of amides is 2. The summed E-state index contributed by atoms with van der Waals surface area (Å²) in [5, 5.41) is 14.5.